The van der Waals surface area contributed by atoms with Crippen molar-refractivity contribution in [2.24, 2.45) is 11.8 Å². The maximum atomic E-state index is 13.0. The number of carbonyl (C=O) groups is 2. The average Bonchev–Trinajstić information content (AvgIpc) is 3.04. The van der Waals surface area contributed by atoms with E-state index in [1.807, 2.05) is 0 Å². The first-order valence-corrected chi connectivity index (χ1v) is 10.5. The van der Waals surface area contributed by atoms with E-state index in [9.17, 15) is 22.8 Å². The van der Waals surface area contributed by atoms with Gasteiger partial charge in [-0.15, -0.1) is 0 Å². The second kappa shape index (κ2) is 7.33. The summed E-state index contributed by atoms with van der Waals surface area (Å²) in [6, 6.07) is 4.48. The molecule has 1 saturated carbocycles. The van der Waals surface area contributed by atoms with Crippen LogP contribution >= 0.6 is 0 Å². The number of hydrogen-bond donors (Lipinski definition) is 1. The van der Waals surface area contributed by atoms with Gasteiger partial charge in [-0.1, -0.05) is 13.0 Å². The largest absolute Gasteiger partial charge is 0.416 e. The maximum Gasteiger partial charge on any atom is 0.416 e. The van der Waals surface area contributed by atoms with Crippen molar-refractivity contribution in [2.75, 3.05) is 6.54 Å². The number of hydrogen-bond acceptors (Lipinski definition) is 2. The zero-order chi connectivity index (χ0) is 20.8. The summed E-state index contributed by atoms with van der Waals surface area (Å²) in [6.45, 7) is 2.94. The van der Waals surface area contributed by atoms with E-state index in [0.29, 0.717) is 12.3 Å². The number of nitrogens with zero attached hydrogens (tertiary/aromatic N) is 1. The molecule has 2 saturated heterocycles. The molecule has 29 heavy (non-hydrogen) atoms. The third-order valence-electron chi connectivity index (χ3n) is 7.35. The van der Waals surface area contributed by atoms with Crippen LogP contribution in [0.15, 0.2) is 24.3 Å². The summed E-state index contributed by atoms with van der Waals surface area (Å²) in [5.74, 6) is 0.280. The predicted octanol–water partition coefficient (Wildman–Crippen LogP) is 4.40. The summed E-state index contributed by atoms with van der Waals surface area (Å²) < 4.78 is 38.9. The Morgan fingerprint density at radius 1 is 1.21 bits per heavy atom. The highest BCUT2D eigenvalue weighted by Crippen LogP contribution is 2.51. The third kappa shape index (κ3) is 3.53. The predicted molar refractivity (Wildman–Crippen MR) is 102 cm³/mol. The van der Waals surface area contributed by atoms with E-state index in [4.69, 9.17) is 0 Å². The Balaban J connectivity index is 1.52. The molecule has 1 spiro atoms. The van der Waals surface area contributed by atoms with Crippen molar-refractivity contribution in [1.82, 2.24) is 10.2 Å². The molecule has 4 atom stereocenters. The normalized spacial score (nSPS) is 32.3. The van der Waals surface area contributed by atoms with Gasteiger partial charge in [0.15, 0.2) is 0 Å². The van der Waals surface area contributed by atoms with Crippen molar-refractivity contribution >= 4 is 11.8 Å². The van der Waals surface area contributed by atoms with Crippen molar-refractivity contribution in [1.29, 1.82) is 0 Å². The van der Waals surface area contributed by atoms with Crippen LogP contribution in [0.2, 0.25) is 0 Å². The van der Waals surface area contributed by atoms with Crippen molar-refractivity contribution in [3.05, 3.63) is 35.4 Å². The quantitative estimate of drug-likeness (QED) is 0.789. The average molecular weight is 408 g/mol. The molecule has 7 heteroatoms. The standard InChI is InChI=1S/C22H27F3N2O2/c1-14-17-7-3-8-19(28)27-12-4-10-21(17,27)11-9-18(14)26-20(29)15-5-2-6-16(13-15)22(23,24)25/h2,5-6,13-14,17-18H,3-4,7-12H2,1H3,(H,26,29)/t14-,17+,18+,21-/m1/s1. The molecule has 0 aromatic heterocycles. The van der Waals surface area contributed by atoms with Crippen LogP contribution in [0.25, 0.3) is 0 Å². The number of benzene rings is 1. The second-order valence-corrected chi connectivity index (χ2v) is 8.81. The minimum absolute atomic E-state index is 0.0332. The van der Waals surface area contributed by atoms with Crippen LogP contribution in [-0.2, 0) is 11.0 Å². The van der Waals surface area contributed by atoms with E-state index in [-0.39, 0.29) is 29.0 Å². The number of halogens is 3. The molecule has 2 amide bonds. The monoisotopic (exact) mass is 408 g/mol. The van der Waals surface area contributed by atoms with Crippen molar-refractivity contribution < 1.29 is 22.8 Å². The molecule has 1 aliphatic carbocycles. The molecule has 2 aliphatic heterocycles. The smallest absolute Gasteiger partial charge is 0.349 e. The van der Waals surface area contributed by atoms with Crippen molar-refractivity contribution in [3.63, 3.8) is 0 Å². The number of alkyl halides is 3. The minimum Gasteiger partial charge on any atom is -0.349 e. The van der Waals surface area contributed by atoms with Gasteiger partial charge in [0.2, 0.25) is 5.91 Å². The highest BCUT2D eigenvalue weighted by atomic mass is 19.4. The second-order valence-electron chi connectivity index (χ2n) is 8.81. The molecule has 0 unspecified atom stereocenters. The lowest BCUT2D eigenvalue weighted by Crippen LogP contribution is -2.59. The Bertz CT molecular complexity index is 809. The molecular weight excluding hydrogens is 381 g/mol. The van der Waals surface area contributed by atoms with Gasteiger partial charge in [-0.3, -0.25) is 9.59 Å². The molecule has 1 aromatic rings. The Hall–Kier alpha value is -2.05. The zero-order valence-electron chi connectivity index (χ0n) is 16.6. The van der Waals surface area contributed by atoms with Crippen LogP contribution in [-0.4, -0.2) is 34.8 Å². The third-order valence-corrected chi connectivity index (χ3v) is 7.35. The van der Waals surface area contributed by atoms with E-state index in [1.54, 1.807) is 0 Å². The van der Waals surface area contributed by atoms with E-state index in [0.717, 1.165) is 57.2 Å². The topological polar surface area (TPSA) is 49.4 Å². The van der Waals surface area contributed by atoms with Gasteiger partial charge in [0.1, 0.15) is 0 Å². The highest BCUT2D eigenvalue weighted by molar-refractivity contribution is 5.94. The van der Waals surface area contributed by atoms with E-state index >= 15 is 0 Å². The number of carbonyl (C=O) groups excluding carboxylic acids is 2. The minimum atomic E-state index is -4.47. The lowest BCUT2D eigenvalue weighted by Gasteiger charge is -2.52. The molecule has 3 aliphatic rings. The summed E-state index contributed by atoms with van der Waals surface area (Å²) in [5, 5.41) is 3.00. The molecule has 4 nitrogen and oxygen atoms in total. The number of rotatable bonds is 2. The summed E-state index contributed by atoms with van der Waals surface area (Å²) in [5.41, 5.74) is -0.875. The van der Waals surface area contributed by atoms with Crippen LogP contribution in [0, 0.1) is 11.8 Å². The summed E-state index contributed by atoms with van der Waals surface area (Å²) in [7, 11) is 0. The van der Waals surface area contributed by atoms with E-state index < -0.39 is 17.6 Å². The van der Waals surface area contributed by atoms with Gasteiger partial charge in [-0.2, -0.15) is 13.2 Å². The van der Waals surface area contributed by atoms with Crippen LogP contribution in [0.3, 0.4) is 0 Å². The molecular formula is C22H27F3N2O2. The fourth-order valence-corrected chi connectivity index (χ4v) is 5.97. The Kier molecular flexibility index (Phi) is 5.11. The Labute approximate surface area is 168 Å². The molecule has 2 heterocycles. The lowest BCUT2D eigenvalue weighted by atomic mass is 9.63. The molecule has 3 fully saturated rings. The van der Waals surface area contributed by atoms with Gasteiger partial charge in [0.25, 0.3) is 5.91 Å². The molecule has 4 rings (SSSR count). The van der Waals surface area contributed by atoms with Gasteiger partial charge in [-0.05, 0) is 68.6 Å². The maximum absolute atomic E-state index is 13.0. The van der Waals surface area contributed by atoms with Crippen LogP contribution in [0.4, 0.5) is 13.2 Å². The van der Waals surface area contributed by atoms with Gasteiger partial charge in [0, 0.05) is 30.1 Å². The van der Waals surface area contributed by atoms with Crippen LogP contribution < -0.4 is 5.32 Å². The van der Waals surface area contributed by atoms with Gasteiger partial charge in [0.05, 0.1) is 5.56 Å². The summed E-state index contributed by atoms with van der Waals surface area (Å²) in [4.78, 5) is 27.4. The first kappa shape index (κ1) is 20.2. The Morgan fingerprint density at radius 2 is 2.00 bits per heavy atom. The lowest BCUT2D eigenvalue weighted by molar-refractivity contribution is -0.138. The summed E-state index contributed by atoms with van der Waals surface area (Å²) in [6.07, 6.45) is 1.57. The van der Waals surface area contributed by atoms with Crippen LogP contribution in [0.5, 0.6) is 0 Å². The molecule has 0 bridgehead atoms. The van der Waals surface area contributed by atoms with E-state index in [1.165, 1.54) is 12.1 Å². The number of amides is 2. The van der Waals surface area contributed by atoms with E-state index in [2.05, 4.69) is 17.1 Å². The van der Waals surface area contributed by atoms with Crippen molar-refractivity contribution in [2.45, 2.75) is 69.6 Å². The zero-order valence-corrected chi connectivity index (χ0v) is 16.6. The van der Waals surface area contributed by atoms with Gasteiger partial charge >= 0.3 is 6.18 Å². The highest BCUT2D eigenvalue weighted by Gasteiger charge is 2.55. The molecule has 0 radical (unpaired) electrons. The first-order valence-electron chi connectivity index (χ1n) is 10.5. The van der Waals surface area contributed by atoms with Crippen LogP contribution in [0.1, 0.15) is 67.8 Å². The summed E-state index contributed by atoms with van der Waals surface area (Å²) >= 11 is 0. The first-order chi connectivity index (χ1) is 13.7. The fourth-order valence-electron chi connectivity index (χ4n) is 5.97. The SMILES string of the molecule is C[C@H]1[C@@H](NC(=O)c2cccc(C(F)(F)F)c2)CC[C@@]23CCCN2C(=O)CCC[C@@H]13. The molecule has 1 N–H and O–H groups in total. The molecule has 158 valence electrons. The van der Waals surface area contributed by atoms with Gasteiger partial charge < -0.3 is 10.2 Å². The number of nitrogens with one attached hydrogen (secondary N) is 1. The van der Waals surface area contributed by atoms with Gasteiger partial charge in [-0.25, -0.2) is 0 Å². The fraction of sp³-hybridized carbons (Fsp3) is 0.636. The Morgan fingerprint density at radius 3 is 2.76 bits per heavy atom. The van der Waals surface area contributed by atoms with Crippen molar-refractivity contribution in [3.8, 4) is 0 Å². The molecule has 1 aromatic carbocycles.